The second-order valence-corrected chi connectivity index (χ2v) is 12.0. The maximum Gasteiger partial charge on any atom is 0.281 e. The number of amides is 1. The molecule has 3 N–H and O–H groups in total. The number of nitrogens with one attached hydrogen (secondary N) is 1. The summed E-state index contributed by atoms with van der Waals surface area (Å²) in [6, 6.07) is 11.2. The van der Waals surface area contributed by atoms with Crippen LogP contribution in [0.1, 0.15) is 64.2 Å². The van der Waals surface area contributed by atoms with Crippen molar-refractivity contribution in [2.24, 2.45) is 5.92 Å². The Hall–Kier alpha value is -3.73. The molecule has 1 amide bonds. The number of hydrogen-bond donors (Lipinski definition) is 2. The molecular weight excluding hydrogens is 516 g/mol. The minimum Gasteiger partial charge on any atom is -0.474 e. The highest BCUT2D eigenvalue weighted by molar-refractivity contribution is 7.90. The topological polar surface area (TPSA) is 140 Å². The van der Waals surface area contributed by atoms with Crippen molar-refractivity contribution < 1.29 is 17.9 Å². The number of rotatable bonds is 9. The van der Waals surface area contributed by atoms with Gasteiger partial charge in [-0.2, -0.15) is 8.42 Å². The van der Waals surface area contributed by atoms with Crippen molar-refractivity contribution in [3.8, 4) is 17.1 Å². The van der Waals surface area contributed by atoms with Gasteiger partial charge in [0.1, 0.15) is 11.6 Å². The van der Waals surface area contributed by atoms with Crippen molar-refractivity contribution in [2.75, 3.05) is 17.2 Å². The lowest BCUT2D eigenvalue weighted by atomic mass is 9.90. The van der Waals surface area contributed by atoms with E-state index < -0.39 is 15.9 Å². The predicted molar refractivity (Wildman–Crippen MR) is 151 cm³/mol. The molecule has 3 aromatic heterocycles. The van der Waals surface area contributed by atoms with Crippen LogP contribution >= 0.6 is 0 Å². The third kappa shape index (κ3) is 5.98. The molecule has 1 aliphatic rings. The highest BCUT2D eigenvalue weighted by atomic mass is 32.2. The van der Waals surface area contributed by atoms with Crippen LogP contribution in [0.4, 0.5) is 11.6 Å². The SMILES string of the molecule is CCC(CC)Oc1ccc(-c2ccc(C(=O)NS(=O)(=O)c3cccc(N)n3)c(N3CCC(C)C3(C)C)n2)cn1. The van der Waals surface area contributed by atoms with Gasteiger partial charge in [0.15, 0.2) is 5.03 Å². The third-order valence-electron chi connectivity index (χ3n) is 7.54. The average molecular weight is 553 g/mol. The molecule has 1 aliphatic heterocycles. The minimum absolute atomic E-state index is 0.0368. The molecule has 208 valence electrons. The Bertz CT molecular complexity index is 1440. The molecule has 1 fully saturated rings. The van der Waals surface area contributed by atoms with E-state index in [1.165, 1.54) is 18.2 Å². The van der Waals surface area contributed by atoms with Gasteiger partial charge in [-0.3, -0.25) is 4.79 Å². The van der Waals surface area contributed by atoms with Gasteiger partial charge in [0.05, 0.1) is 17.4 Å². The van der Waals surface area contributed by atoms with Crippen molar-refractivity contribution >= 4 is 27.6 Å². The van der Waals surface area contributed by atoms with Crippen LogP contribution in [0.2, 0.25) is 0 Å². The first-order chi connectivity index (χ1) is 18.5. The van der Waals surface area contributed by atoms with Gasteiger partial charge in [-0.05, 0) is 69.4 Å². The van der Waals surface area contributed by atoms with Crippen molar-refractivity contribution in [3.05, 3.63) is 54.2 Å². The van der Waals surface area contributed by atoms with E-state index in [0.717, 1.165) is 24.8 Å². The van der Waals surface area contributed by atoms with Crippen LogP contribution in [-0.4, -0.2) is 47.5 Å². The molecule has 0 radical (unpaired) electrons. The monoisotopic (exact) mass is 552 g/mol. The number of nitrogens with zero attached hydrogens (tertiary/aromatic N) is 4. The summed E-state index contributed by atoms with van der Waals surface area (Å²) in [7, 11) is -4.25. The molecule has 1 saturated heterocycles. The summed E-state index contributed by atoms with van der Waals surface area (Å²) >= 11 is 0. The normalized spacial score (nSPS) is 16.9. The zero-order chi connectivity index (χ0) is 28.4. The Morgan fingerprint density at radius 2 is 1.90 bits per heavy atom. The van der Waals surface area contributed by atoms with Crippen molar-refractivity contribution in [2.45, 2.75) is 70.6 Å². The Labute approximate surface area is 230 Å². The molecular formula is C28H36N6O4S. The van der Waals surface area contributed by atoms with Crippen LogP contribution in [0.5, 0.6) is 5.88 Å². The maximum atomic E-state index is 13.4. The van der Waals surface area contributed by atoms with Gasteiger partial charge in [-0.15, -0.1) is 0 Å². The smallest absolute Gasteiger partial charge is 0.281 e. The second kappa shape index (κ2) is 11.2. The van der Waals surface area contributed by atoms with Crippen LogP contribution in [0.25, 0.3) is 11.3 Å². The van der Waals surface area contributed by atoms with E-state index in [4.69, 9.17) is 15.5 Å². The van der Waals surface area contributed by atoms with Gasteiger partial charge in [0.2, 0.25) is 5.88 Å². The van der Waals surface area contributed by atoms with Crippen molar-refractivity contribution in [1.82, 2.24) is 19.7 Å². The van der Waals surface area contributed by atoms with Gasteiger partial charge < -0.3 is 15.4 Å². The molecule has 0 bridgehead atoms. The van der Waals surface area contributed by atoms with E-state index in [1.807, 2.05) is 12.1 Å². The number of sulfonamides is 1. The molecule has 10 nitrogen and oxygen atoms in total. The molecule has 0 spiro atoms. The molecule has 0 saturated carbocycles. The molecule has 1 unspecified atom stereocenters. The lowest BCUT2D eigenvalue weighted by Crippen LogP contribution is -2.43. The van der Waals surface area contributed by atoms with Gasteiger partial charge in [-0.25, -0.2) is 19.7 Å². The van der Waals surface area contributed by atoms with E-state index in [2.05, 4.69) is 54.2 Å². The minimum atomic E-state index is -4.25. The van der Waals surface area contributed by atoms with Crippen molar-refractivity contribution in [1.29, 1.82) is 0 Å². The lowest BCUT2D eigenvalue weighted by Gasteiger charge is -2.36. The molecule has 11 heteroatoms. The van der Waals surface area contributed by atoms with Crippen LogP contribution in [0, 0.1) is 5.92 Å². The number of nitrogens with two attached hydrogens (primary N) is 1. The quantitative estimate of drug-likeness (QED) is 0.394. The zero-order valence-corrected chi connectivity index (χ0v) is 23.8. The lowest BCUT2D eigenvalue weighted by molar-refractivity contribution is 0.0981. The van der Waals surface area contributed by atoms with Gasteiger partial charge in [0, 0.05) is 29.9 Å². The number of pyridine rings is 3. The third-order valence-corrected chi connectivity index (χ3v) is 8.77. The first-order valence-electron chi connectivity index (χ1n) is 13.2. The summed E-state index contributed by atoms with van der Waals surface area (Å²) in [5.41, 5.74) is 6.85. The standard InChI is InChI=1S/C28H36N6O4S/c1-6-20(7-2)38-24-14-11-19(17-30-24)22-13-12-21(26(31-22)34-16-15-18(3)28(34,4)5)27(35)33-39(36,37)25-10-8-9-23(29)32-25/h8-14,17-18,20H,6-7,15-16H2,1-5H3,(H2,29,32)(H,33,35). The Morgan fingerprint density at radius 1 is 1.15 bits per heavy atom. The number of carbonyl (C=O) groups excluding carboxylic acids is 1. The Morgan fingerprint density at radius 3 is 2.49 bits per heavy atom. The summed E-state index contributed by atoms with van der Waals surface area (Å²) in [4.78, 5) is 28.6. The second-order valence-electron chi connectivity index (χ2n) is 10.3. The average Bonchev–Trinajstić information content (AvgIpc) is 3.18. The number of aromatic nitrogens is 3. The fourth-order valence-corrected chi connectivity index (χ4v) is 5.58. The largest absolute Gasteiger partial charge is 0.474 e. The van der Waals surface area contributed by atoms with E-state index in [-0.39, 0.29) is 28.1 Å². The van der Waals surface area contributed by atoms with Crippen molar-refractivity contribution in [3.63, 3.8) is 0 Å². The van der Waals surface area contributed by atoms with Gasteiger partial charge in [-0.1, -0.05) is 26.8 Å². The van der Waals surface area contributed by atoms with Crippen LogP contribution in [-0.2, 0) is 10.0 Å². The Kier molecular flexibility index (Phi) is 8.10. The summed E-state index contributed by atoms with van der Waals surface area (Å²) in [6.07, 6.45) is 4.49. The van der Waals surface area contributed by atoms with E-state index in [1.54, 1.807) is 18.3 Å². The number of anilines is 2. The highest BCUT2D eigenvalue weighted by Crippen LogP contribution is 2.39. The molecule has 39 heavy (non-hydrogen) atoms. The summed E-state index contributed by atoms with van der Waals surface area (Å²) in [5.74, 6) is 0.527. The highest BCUT2D eigenvalue weighted by Gasteiger charge is 2.41. The maximum absolute atomic E-state index is 13.4. The summed E-state index contributed by atoms with van der Waals surface area (Å²) in [5, 5.41) is -0.334. The van der Waals surface area contributed by atoms with Gasteiger partial charge in [0.25, 0.3) is 15.9 Å². The molecule has 4 rings (SSSR count). The van der Waals surface area contributed by atoms with E-state index in [0.29, 0.717) is 29.9 Å². The molecule has 3 aromatic rings. The number of ether oxygens (including phenoxy) is 1. The van der Waals surface area contributed by atoms with E-state index in [9.17, 15) is 13.2 Å². The van der Waals surface area contributed by atoms with Gasteiger partial charge >= 0.3 is 0 Å². The predicted octanol–water partition coefficient (Wildman–Crippen LogP) is 4.43. The molecule has 0 aliphatic carbocycles. The number of nitrogen functional groups attached to an aromatic ring is 1. The number of carbonyl (C=O) groups is 1. The summed E-state index contributed by atoms with van der Waals surface area (Å²) in [6.45, 7) is 11.2. The molecule has 1 atom stereocenters. The van der Waals surface area contributed by atoms with Crippen LogP contribution < -0.4 is 20.1 Å². The zero-order valence-electron chi connectivity index (χ0n) is 23.0. The first kappa shape index (κ1) is 28.3. The molecule has 0 aromatic carbocycles. The van der Waals surface area contributed by atoms with E-state index >= 15 is 0 Å². The molecule has 4 heterocycles. The van der Waals surface area contributed by atoms with Crippen LogP contribution in [0.3, 0.4) is 0 Å². The van der Waals surface area contributed by atoms with Crippen LogP contribution in [0.15, 0.2) is 53.7 Å². The summed E-state index contributed by atoms with van der Waals surface area (Å²) < 4.78 is 33.9. The Balaban J connectivity index is 1.70. The fourth-order valence-electron chi connectivity index (χ4n) is 4.64. The first-order valence-corrected chi connectivity index (χ1v) is 14.7. The number of hydrogen-bond acceptors (Lipinski definition) is 9. The fraction of sp³-hybridized carbons (Fsp3) is 0.429.